The molecule has 0 saturated heterocycles. The first-order chi connectivity index (χ1) is 13.1. The van der Waals surface area contributed by atoms with Crippen LogP contribution in [0.3, 0.4) is 0 Å². The Bertz CT molecular complexity index is 908. The van der Waals surface area contributed by atoms with E-state index in [2.05, 4.69) is 4.74 Å². The van der Waals surface area contributed by atoms with Crippen molar-refractivity contribution in [3.05, 3.63) is 69.8 Å². The van der Waals surface area contributed by atoms with Gasteiger partial charge in [0.25, 0.3) is 0 Å². The quantitative estimate of drug-likeness (QED) is 0.535. The first-order valence-electron chi connectivity index (χ1n) is 8.47. The lowest BCUT2D eigenvalue weighted by Gasteiger charge is -2.27. The molecule has 1 atom stereocenters. The number of benzene rings is 2. The fourth-order valence-corrected chi connectivity index (χ4v) is 3.57. The molecule has 0 radical (unpaired) electrons. The molecule has 28 heavy (non-hydrogen) atoms. The largest absolute Gasteiger partial charge is 0.573 e. The summed E-state index contributed by atoms with van der Waals surface area (Å²) in [6.07, 6.45) is -2.20. The minimum atomic E-state index is -5.24. The van der Waals surface area contributed by atoms with Crippen LogP contribution >= 0.6 is 0 Å². The summed E-state index contributed by atoms with van der Waals surface area (Å²) >= 11 is 0. The van der Waals surface area contributed by atoms with E-state index in [1.54, 1.807) is 13.0 Å². The van der Waals surface area contributed by atoms with Crippen molar-refractivity contribution in [3.8, 4) is 5.75 Å². The lowest BCUT2D eigenvalue weighted by molar-refractivity contribution is -0.276. The number of halogens is 7. The van der Waals surface area contributed by atoms with E-state index in [1.165, 1.54) is 6.08 Å². The van der Waals surface area contributed by atoms with Crippen molar-refractivity contribution in [2.24, 2.45) is 0 Å². The maximum absolute atomic E-state index is 14.4. The molecule has 1 unspecified atom stereocenters. The van der Waals surface area contributed by atoms with Gasteiger partial charge in [-0.1, -0.05) is 12.2 Å². The maximum Gasteiger partial charge on any atom is 0.573 e. The molecule has 0 N–H and O–H groups in total. The normalized spacial score (nSPS) is 17.1. The summed E-state index contributed by atoms with van der Waals surface area (Å²) in [5, 5.41) is 0. The fraction of sp³-hybridized carbons (Fsp3) is 0.300. The smallest absolute Gasteiger partial charge is 0.399 e. The third kappa shape index (κ3) is 4.00. The molecule has 0 spiro atoms. The highest BCUT2D eigenvalue weighted by atomic mass is 19.4. The molecule has 1 aliphatic carbocycles. The van der Waals surface area contributed by atoms with Gasteiger partial charge in [0.1, 0.15) is 11.6 Å². The first kappa shape index (κ1) is 20.2. The summed E-state index contributed by atoms with van der Waals surface area (Å²) in [6, 6.07) is 3.06. The minimum absolute atomic E-state index is 0.0668. The van der Waals surface area contributed by atoms with Gasteiger partial charge in [-0.15, -0.1) is 13.2 Å². The number of hydrogen-bond donors (Lipinski definition) is 0. The molecule has 2 aromatic carbocycles. The van der Waals surface area contributed by atoms with E-state index in [0.29, 0.717) is 5.56 Å². The van der Waals surface area contributed by atoms with E-state index in [0.717, 1.165) is 18.2 Å². The fourth-order valence-electron chi connectivity index (χ4n) is 3.57. The molecule has 0 amide bonds. The molecule has 2 aromatic rings. The molecule has 0 saturated carbocycles. The van der Waals surface area contributed by atoms with Crippen LogP contribution in [0.25, 0.3) is 6.08 Å². The zero-order valence-electron chi connectivity index (χ0n) is 14.6. The maximum atomic E-state index is 14.4. The SMILES string of the molecule is C/C=C/c1cc(F)c(C2CCc3c(cc(F)c(OC(F)(F)F)c3F)C2)c(F)c1. The van der Waals surface area contributed by atoms with Gasteiger partial charge in [0.2, 0.25) is 5.75 Å². The summed E-state index contributed by atoms with van der Waals surface area (Å²) in [6.45, 7) is 1.70. The Labute approximate surface area is 156 Å². The van der Waals surface area contributed by atoms with E-state index >= 15 is 0 Å². The standard InChI is InChI=1S/C20H15F7O/c1-2-3-10-6-14(21)17(15(22)7-10)11-4-5-13-12(8-11)9-16(23)19(18(13)24)28-20(25,26)27/h2-3,6-7,9,11H,4-5,8H2,1H3/b3-2+. The molecule has 8 heteroatoms. The van der Waals surface area contributed by atoms with Crippen molar-refractivity contribution in [2.75, 3.05) is 0 Å². The van der Waals surface area contributed by atoms with Gasteiger partial charge >= 0.3 is 6.36 Å². The molecular formula is C20H15F7O. The molecule has 0 bridgehead atoms. The summed E-state index contributed by atoms with van der Waals surface area (Å²) < 4.78 is 97.7. The molecular weight excluding hydrogens is 389 g/mol. The highest BCUT2D eigenvalue weighted by molar-refractivity contribution is 5.51. The average Bonchev–Trinajstić information content (AvgIpc) is 2.57. The Morgan fingerprint density at radius 3 is 2.21 bits per heavy atom. The van der Waals surface area contributed by atoms with Crippen LogP contribution in [0.15, 0.2) is 24.3 Å². The number of alkyl halides is 3. The van der Waals surface area contributed by atoms with Crippen molar-refractivity contribution in [2.45, 2.75) is 38.5 Å². The third-order valence-electron chi connectivity index (χ3n) is 4.67. The summed E-state index contributed by atoms with van der Waals surface area (Å²) in [7, 11) is 0. The Hall–Kier alpha value is -2.51. The van der Waals surface area contributed by atoms with Crippen LogP contribution in [0.2, 0.25) is 0 Å². The van der Waals surface area contributed by atoms with E-state index in [9.17, 15) is 30.7 Å². The predicted molar refractivity (Wildman–Crippen MR) is 88.9 cm³/mol. The third-order valence-corrected chi connectivity index (χ3v) is 4.67. The zero-order valence-corrected chi connectivity index (χ0v) is 14.6. The Morgan fingerprint density at radius 1 is 1.00 bits per heavy atom. The van der Waals surface area contributed by atoms with Crippen molar-refractivity contribution in [1.82, 2.24) is 0 Å². The molecule has 0 heterocycles. The van der Waals surface area contributed by atoms with E-state index < -0.39 is 41.3 Å². The predicted octanol–water partition coefficient (Wildman–Crippen LogP) is 6.45. The number of fused-ring (bicyclic) bond motifs is 1. The van der Waals surface area contributed by atoms with Gasteiger partial charge in [-0.25, -0.2) is 17.6 Å². The highest BCUT2D eigenvalue weighted by Crippen LogP contribution is 2.40. The molecule has 1 nitrogen and oxygen atoms in total. The molecule has 0 aromatic heterocycles. The van der Waals surface area contributed by atoms with Crippen molar-refractivity contribution in [1.29, 1.82) is 0 Å². The number of ether oxygens (including phenoxy) is 1. The van der Waals surface area contributed by atoms with Crippen LogP contribution in [0.4, 0.5) is 30.7 Å². The Morgan fingerprint density at radius 2 is 1.64 bits per heavy atom. The molecule has 0 aliphatic heterocycles. The van der Waals surface area contributed by atoms with Gasteiger partial charge in [0.05, 0.1) is 0 Å². The van der Waals surface area contributed by atoms with E-state index in [-0.39, 0.29) is 36.0 Å². The highest BCUT2D eigenvalue weighted by Gasteiger charge is 2.36. The molecule has 1 aliphatic rings. The van der Waals surface area contributed by atoms with Gasteiger partial charge in [0.15, 0.2) is 11.6 Å². The number of hydrogen-bond acceptors (Lipinski definition) is 1. The van der Waals surface area contributed by atoms with Gasteiger partial charge < -0.3 is 4.74 Å². The van der Waals surface area contributed by atoms with Gasteiger partial charge in [0, 0.05) is 5.56 Å². The summed E-state index contributed by atoms with van der Waals surface area (Å²) in [4.78, 5) is 0. The molecule has 3 rings (SSSR count). The van der Waals surface area contributed by atoms with Crippen LogP contribution in [0.1, 0.15) is 41.5 Å². The second kappa shape index (κ2) is 7.48. The van der Waals surface area contributed by atoms with E-state index in [1.807, 2.05) is 0 Å². The van der Waals surface area contributed by atoms with Crippen LogP contribution in [-0.2, 0) is 12.8 Å². The van der Waals surface area contributed by atoms with Crippen LogP contribution in [-0.4, -0.2) is 6.36 Å². The Balaban J connectivity index is 1.96. The van der Waals surface area contributed by atoms with Crippen molar-refractivity contribution in [3.63, 3.8) is 0 Å². The van der Waals surface area contributed by atoms with Crippen LogP contribution in [0, 0.1) is 23.3 Å². The van der Waals surface area contributed by atoms with Crippen LogP contribution in [0.5, 0.6) is 5.75 Å². The molecule has 150 valence electrons. The molecule has 0 fully saturated rings. The topological polar surface area (TPSA) is 9.23 Å². The Kier molecular flexibility index (Phi) is 5.41. The van der Waals surface area contributed by atoms with Crippen molar-refractivity contribution < 1.29 is 35.5 Å². The minimum Gasteiger partial charge on any atom is -0.399 e. The first-order valence-corrected chi connectivity index (χ1v) is 8.47. The monoisotopic (exact) mass is 404 g/mol. The van der Waals surface area contributed by atoms with Crippen molar-refractivity contribution >= 4 is 6.08 Å². The summed E-state index contributed by atoms with van der Waals surface area (Å²) in [5.41, 5.74) is 0.0687. The summed E-state index contributed by atoms with van der Waals surface area (Å²) in [5.74, 6) is -6.72. The lowest BCUT2D eigenvalue weighted by Crippen LogP contribution is -2.22. The van der Waals surface area contributed by atoms with E-state index in [4.69, 9.17) is 0 Å². The second-order valence-corrected chi connectivity index (χ2v) is 6.52. The average molecular weight is 404 g/mol. The number of allylic oxidation sites excluding steroid dienone is 1. The van der Waals surface area contributed by atoms with Gasteiger partial charge in [-0.2, -0.15) is 0 Å². The zero-order chi connectivity index (χ0) is 20.6. The van der Waals surface area contributed by atoms with Gasteiger partial charge in [-0.3, -0.25) is 0 Å². The lowest BCUT2D eigenvalue weighted by atomic mass is 9.79. The van der Waals surface area contributed by atoms with Gasteiger partial charge in [-0.05, 0) is 67.0 Å². The second-order valence-electron chi connectivity index (χ2n) is 6.52. The number of rotatable bonds is 3. The van der Waals surface area contributed by atoms with Crippen LogP contribution < -0.4 is 4.74 Å².